The van der Waals surface area contributed by atoms with Gasteiger partial charge < -0.3 is 5.32 Å². The number of hydrogen-bond acceptors (Lipinski definition) is 5. The zero-order valence-electron chi connectivity index (χ0n) is 10.3. The van der Waals surface area contributed by atoms with Gasteiger partial charge in [-0.25, -0.2) is 14.6 Å². The highest BCUT2D eigenvalue weighted by Gasteiger charge is 2.16. The molecule has 0 unspecified atom stereocenters. The van der Waals surface area contributed by atoms with Crippen molar-refractivity contribution in [2.24, 2.45) is 0 Å². The number of anilines is 1. The van der Waals surface area contributed by atoms with E-state index in [9.17, 15) is 4.79 Å². The quantitative estimate of drug-likeness (QED) is 0.794. The molecule has 0 aliphatic carbocycles. The Morgan fingerprint density at radius 3 is 2.90 bits per heavy atom. The van der Waals surface area contributed by atoms with Gasteiger partial charge in [-0.15, -0.1) is 11.3 Å². The first-order valence-electron chi connectivity index (χ1n) is 5.71. The highest BCUT2D eigenvalue weighted by Crippen LogP contribution is 2.31. The average molecular weight is 340 g/mol. The van der Waals surface area contributed by atoms with Gasteiger partial charge in [-0.3, -0.25) is 4.79 Å². The highest BCUT2D eigenvalue weighted by atomic mass is 35.5. The van der Waals surface area contributed by atoms with Crippen LogP contribution in [0.1, 0.15) is 10.4 Å². The lowest BCUT2D eigenvalue weighted by Gasteiger charge is -2.08. The maximum absolute atomic E-state index is 12.2. The van der Waals surface area contributed by atoms with Crippen LogP contribution in [-0.4, -0.2) is 25.7 Å². The van der Waals surface area contributed by atoms with Gasteiger partial charge in [0.2, 0.25) is 0 Å². The van der Waals surface area contributed by atoms with Crippen molar-refractivity contribution in [3.05, 3.63) is 51.3 Å². The third-order valence-corrected chi connectivity index (χ3v) is 4.06. The summed E-state index contributed by atoms with van der Waals surface area (Å²) in [6, 6.07) is 4.94. The van der Waals surface area contributed by atoms with Gasteiger partial charge in [0.25, 0.3) is 5.91 Å². The molecule has 0 saturated carbocycles. The van der Waals surface area contributed by atoms with Gasteiger partial charge in [-0.05, 0) is 18.2 Å². The number of halogens is 2. The normalized spacial score (nSPS) is 10.6. The van der Waals surface area contributed by atoms with E-state index in [-0.39, 0.29) is 5.91 Å². The maximum Gasteiger partial charge on any atom is 0.258 e. The predicted molar refractivity (Wildman–Crippen MR) is 81.4 cm³/mol. The molecular formula is C12H7Cl2N5OS. The molecule has 3 rings (SSSR count). The standard InChI is InChI=1S/C12H7Cl2N5OS/c13-9-4-7(10(14)21-9)12(20)18-8-2-1-3-16-11(8)19-6-15-5-17-19/h1-6H,(H,18,20). The summed E-state index contributed by atoms with van der Waals surface area (Å²) in [5.41, 5.74) is 0.812. The van der Waals surface area contributed by atoms with E-state index in [1.165, 1.54) is 23.4 Å². The van der Waals surface area contributed by atoms with E-state index in [4.69, 9.17) is 23.2 Å². The van der Waals surface area contributed by atoms with Gasteiger partial charge in [-0.1, -0.05) is 23.2 Å². The fourth-order valence-electron chi connectivity index (χ4n) is 1.68. The third kappa shape index (κ3) is 2.90. The maximum atomic E-state index is 12.2. The molecule has 9 heteroatoms. The first-order chi connectivity index (χ1) is 10.1. The van der Waals surface area contributed by atoms with Crippen LogP contribution in [-0.2, 0) is 0 Å². The van der Waals surface area contributed by atoms with Crippen molar-refractivity contribution >= 4 is 46.1 Å². The molecule has 0 aromatic carbocycles. The number of pyridine rings is 1. The SMILES string of the molecule is O=C(Nc1cccnc1-n1cncn1)c1cc(Cl)sc1Cl. The Labute approximate surface area is 133 Å². The summed E-state index contributed by atoms with van der Waals surface area (Å²) < 4.78 is 2.24. The lowest BCUT2D eigenvalue weighted by molar-refractivity contribution is 0.102. The van der Waals surface area contributed by atoms with Crippen LogP contribution in [0.25, 0.3) is 5.82 Å². The van der Waals surface area contributed by atoms with Gasteiger partial charge in [-0.2, -0.15) is 5.10 Å². The number of rotatable bonds is 3. The van der Waals surface area contributed by atoms with Crippen LogP contribution in [0.15, 0.2) is 37.1 Å². The van der Waals surface area contributed by atoms with Crippen molar-refractivity contribution < 1.29 is 4.79 Å². The van der Waals surface area contributed by atoms with Crippen molar-refractivity contribution in [3.8, 4) is 5.82 Å². The second kappa shape index (κ2) is 5.80. The first-order valence-corrected chi connectivity index (χ1v) is 7.28. The Morgan fingerprint density at radius 1 is 1.38 bits per heavy atom. The third-order valence-electron chi connectivity index (χ3n) is 2.57. The van der Waals surface area contributed by atoms with E-state index >= 15 is 0 Å². The van der Waals surface area contributed by atoms with Crippen LogP contribution in [0.4, 0.5) is 5.69 Å². The monoisotopic (exact) mass is 339 g/mol. The Hall–Kier alpha value is -1.96. The number of carbonyl (C=O) groups excluding carboxylic acids is 1. The van der Waals surface area contributed by atoms with Crippen LogP contribution >= 0.6 is 34.5 Å². The topological polar surface area (TPSA) is 72.7 Å². The van der Waals surface area contributed by atoms with Crippen LogP contribution in [0.3, 0.4) is 0 Å². The van der Waals surface area contributed by atoms with Crippen LogP contribution in [0, 0.1) is 0 Å². The Balaban J connectivity index is 1.92. The number of nitrogens with zero attached hydrogens (tertiary/aromatic N) is 4. The molecule has 3 heterocycles. The summed E-state index contributed by atoms with van der Waals surface area (Å²) in [7, 11) is 0. The van der Waals surface area contributed by atoms with Gasteiger partial charge in [0.15, 0.2) is 5.82 Å². The minimum atomic E-state index is -0.363. The van der Waals surface area contributed by atoms with Gasteiger partial charge >= 0.3 is 0 Å². The molecule has 0 radical (unpaired) electrons. The summed E-state index contributed by atoms with van der Waals surface area (Å²) in [5.74, 6) is 0.0957. The Bertz CT molecular complexity index is 787. The summed E-state index contributed by atoms with van der Waals surface area (Å²) in [5, 5.41) is 6.74. The molecule has 0 spiro atoms. The largest absolute Gasteiger partial charge is 0.319 e. The second-order valence-electron chi connectivity index (χ2n) is 3.91. The van der Waals surface area contributed by atoms with E-state index in [0.29, 0.717) is 25.7 Å². The number of thiophene rings is 1. The molecule has 3 aromatic heterocycles. The molecule has 1 amide bonds. The molecule has 0 aliphatic rings. The van der Waals surface area contributed by atoms with Crippen molar-refractivity contribution in [1.82, 2.24) is 19.7 Å². The molecule has 3 aromatic rings. The molecule has 6 nitrogen and oxygen atoms in total. The van der Waals surface area contributed by atoms with Crippen molar-refractivity contribution in [2.75, 3.05) is 5.32 Å². The van der Waals surface area contributed by atoms with E-state index in [1.807, 2.05) is 0 Å². The minimum Gasteiger partial charge on any atom is -0.319 e. The zero-order valence-corrected chi connectivity index (χ0v) is 12.7. The number of hydrogen-bond donors (Lipinski definition) is 1. The van der Waals surface area contributed by atoms with Gasteiger partial charge in [0.05, 0.1) is 15.6 Å². The second-order valence-corrected chi connectivity index (χ2v) is 6.19. The molecule has 0 bridgehead atoms. The lowest BCUT2D eigenvalue weighted by atomic mass is 10.3. The molecule has 21 heavy (non-hydrogen) atoms. The summed E-state index contributed by atoms with van der Waals surface area (Å²) >= 11 is 13.0. The van der Waals surface area contributed by atoms with Gasteiger partial charge in [0.1, 0.15) is 17.0 Å². The molecule has 0 fully saturated rings. The fraction of sp³-hybridized carbons (Fsp3) is 0. The smallest absolute Gasteiger partial charge is 0.258 e. The Kier molecular flexibility index (Phi) is 3.87. The number of nitrogens with one attached hydrogen (secondary N) is 1. The van der Waals surface area contributed by atoms with E-state index < -0.39 is 0 Å². The van der Waals surface area contributed by atoms with Crippen LogP contribution < -0.4 is 5.32 Å². The Morgan fingerprint density at radius 2 is 2.24 bits per heavy atom. The number of amides is 1. The molecule has 0 atom stereocenters. The van der Waals surface area contributed by atoms with Crippen LogP contribution in [0.2, 0.25) is 8.67 Å². The molecule has 0 saturated heterocycles. The first kappa shape index (κ1) is 14.0. The van der Waals surface area contributed by atoms with Crippen molar-refractivity contribution in [2.45, 2.75) is 0 Å². The van der Waals surface area contributed by atoms with E-state index in [0.717, 1.165) is 11.3 Å². The number of carbonyl (C=O) groups is 1. The van der Waals surface area contributed by atoms with E-state index in [1.54, 1.807) is 18.3 Å². The van der Waals surface area contributed by atoms with Gasteiger partial charge in [0, 0.05) is 6.20 Å². The summed E-state index contributed by atoms with van der Waals surface area (Å²) in [4.78, 5) is 20.3. The predicted octanol–water partition coefficient (Wildman–Crippen LogP) is 3.28. The zero-order chi connectivity index (χ0) is 14.8. The van der Waals surface area contributed by atoms with E-state index in [2.05, 4.69) is 20.4 Å². The molecular weight excluding hydrogens is 333 g/mol. The highest BCUT2D eigenvalue weighted by molar-refractivity contribution is 7.20. The fourth-order valence-corrected chi connectivity index (χ4v) is 3.14. The average Bonchev–Trinajstić information content (AvgIpc) is 3.09. The molecule has 106 valence electrons. The summed E-state index contributed by atoms with van der Waals surface area (Å²) in [6.07, 6.45) is 4.48. The molecule has 1 N–H and O–H groups in total. The van der Waals surface area contributed by atoms with Crippen molar-refractivity contribution in [3.63, 3.8) is 0 Å². The van der Waals surface area contributed by atoms with Crippen LogP contribution in [0.5, 0.6) is 0 Å². The number of aromatic nitrogens is 4. The lowest BCUT2D eigenvalue weighted by Crippen LogP contribution is -2.14. The molecule has 0 aliphatic heterocycles. The summed E-state index contributed by atoms with van der Waals surface area (Å²) in [6.45, 7) is 0. The minimum absolute atomic E-state index is 0.320. The van der Waals surface area contributed by atoms with Crippen molar-refractivity contribution in [1.29, 1.82) is 0 Å².